The molecular formula is C18H15N5OS. The molecule has 0 aliphatic rings. The normalized spacial score (nSPS) is 11.0. The first-order chi connectivity index (χ1) is 12.1. The highest BCUT2D eigenvalue weighted by molar-refractivity contribution is 7.21. The molecule has 25 heavy (non-hydrogen) atoms. The topological polar surface area (TPSA) is 72.7 Å². The first kappa shape index (κ1) is 15.5. The van der Waals surface area contributed by atoms with Gasteiger partial charge in [0.05, 0.1) is 15.9 Å². The SMILES string of the molecule is CC(=O)c1nnc(-c2nc3ccccc3s2)n1Nc1ccc(C)cc1. The molecule has 0 unspecified atom stereocenters. The molecule has 4 rings (SSSR count). The Bertz CT molecular complexity index is 1030. The van der Waals surface area contributed by atoms with E-state index in [1.807, 2.05) is 55.5 Å². The molecule has 2 aromatic heterocycles. The molecule has 0 saturated heterocycles. The molecule has 0 bridgehead atoms. The number of hydrogen-bond acceptors (Lipinski definition) is 6. The zero-order valence-corrected chi connectivity index (χ0v) is 14.5. The number of anilines is 1. The molecule has 0 aliphatic heterocycles. The Morgan fingerprint density at radius 2 is 1.84 bits per heavy atom. The third-order valence-electron chi connectivity index (χ3n) is 3.76. The zero-order chi connectivity index (χ0) is 17.4. The average molecular weight is 349 g/mol. The van der Waals surface area contributed by atoms with Gasteiger partial charge in [-0.25, -0.2) is 9.66 Å². The monoisotopic (exact) mass is 349 g/mol. The van der Waals surface area contributed by atoms with Crippen molar-refractivity contribution in [1.82, 2.24) is 19.9 Å². The predicted octanol–water partition coefficient (Wildman–Crippen LogP) is 3.94. The van der Waals surface area contributed by atoms with Crippen LogP contribution in [0.5, 0.6) is 0 Å². The molecular weight excluding hydrogens is 334 g/mol. The fraction of sp³-hybridized carbons (Fsp3) is 0.111. The van der Waals surface area contributed by atoms with E-state index in [9.17, 15) is 4.79 Å². The summed E-state index contributed by atoms with van der Waals surface area (Å²) in [5.41, 5.74) is 6.11. The van der Waals surface area contributed by atoms with E-state index in [2.05, 4.69) is 20.6 Å². The van der Waals surface area contributed by atoms with Gasteiger partial charge in [-0.1, -0.05) is 29.8 Å². The van der Waals surface area contributed by atoms with Crippen LogP contribution in [0.2, 0.25) is 0 Å². The molecule has 2 aromatic carbocycles. The van der Waals surface area contributed by atoms with Crippen molar-refractivity contribution in [2.24, 2.45) is 0 Å². The molecule has 0 atom stereocenters. The second-order valence-corrected chi connectivity index (χ2v) is 6.73. The Labute approximate surface area is 148 Å². The van der Waals surface area contributed by atoms with Crippen molar-refractivity contribution in [3.8, 4) is 10.8 Å². The third kappa shape index (κ3) is 2.89. The summed E-state index contributed by atoms with van der Waals surface area (Å²) in [6, 6.07) is 15.8. The molecule has 4 aromatic rings. The maximum atomic E-state index is 11.9. The van der Waals surface area contributed by atoms with Crippen molar-refractivity contribution in [2.45, 2.75) is 13.8 Å². The number of thiazole rings is 1. The van der Waals surface area contributed by atoms with Crippen LogP contribution in [0.15, 0.2) is 48.5 Å². The molecule has 0 spiro atoms. The molecule has 2 heterocycles. The molecule has 0 aliphatic carbocycles. The van der Waals surface area contributed by atoms with E-state index in [1.54, 1.807) is 4.68 Å². The number of Topliss-reactive ketones (excluding diaryl/α,β-unsaturated/α-hetero) is 1. The quantitative estimate of drug-likeness (QED) is 0.565. The first-order valence-electron chi connectivity index (χ1n) is 7.78. The first-order valence-corrected chi connectivity index (χ1v) is 8.59. The van der Waals surface area contributed by atoms with Gasteiger partial charge in [-0.05, 0) is 31.2 Å². The van der Waals surface area contributed by atoms with Gasteiger partial charge in [-0.2, -0.15) is 0 Å². The standard InChI is InChI=1S/C18H15N5OS/c1-11-7-9-13(10-8-11)22-23-16(12(2)24)20-21-17(23)18-19-14-5-3-4-6-15(14)25-18/h3-10,22H,1-2H3. The predicted molar refractivity (Wildman–Crippen MR) is 98.8 cm³/mol. The van der Waals surface area contributed by atoms with Gasteiger partial charge in [-0.15, -0.1) is 21.5 Å². The molecule has 0 fully saturated rings. The number of carbonyl (C=O) groups is 1. The number of carbonyl (C=O) groups excluding carboxylic acids is 1. The number of fused-ring (bicyclic) bond motifs is 1. The van der Waals surface area contributed by atoms with Gasteiger partial charge in [0.25, 0.3) is 0 Å². The minimum atomic E-state index is -0.167. The Balaban J connectivity index is 1.82. The lowest BCUT2D eigenvalue weighted by molar-refractivity contribution is 0.100. The van der Waals surface area contributed by atoms with Gasteiger partial charge < -0.3 is 0 Å². The van der Waals surface area contributed by atoms with E-state index >= 15 is 0 Å². The average Bonchev–Trinajstić information content (AvgIpc) is 3.20. The van der Waals surface area contributed by atoms with Crippen molar-refractivity contribution >= 4 is 33.0 Å². The molecule has 0 saturated carbocycles. The summed E-state index contributed by atoms with van der Waals surface area (Å²) < 4.78 is 2.66. The Morgan fingerprint density at radius 3 is 2.56 bits per heavy atom. The van der Waals surface area contributed by atoms with Gasteiger partial charge in [0, 0.05) is 6.92 Å². The van der Waals surface area contributed by atoms with Crippen LogP contribution in [-0.2, 0) is 0 Å². The minimum absolute atomic E-state index is 0.167. The highest BCUT2D eigenvalue weighted by atomic mass is 32.1. The number of rotatable bonds is 4. The van der Waals surface area contributed by atoms with Crippen LogP contribution in [-0.4, -0.2) is 25.6 Å². The maximum absolute atomic E-state index is 11.9. The van der Waals surface area contributed by atoms with Crippen LogP contribution in [0.3, 0.4) is 0 Å². The lowest BCUT2D eigenvalue weighted by Crippen LogP contribution is -2.16. The van der Waals surface area contributed by atoms with E-state index in [0.29, 0.717) is 10.8 Å². The van der Waals surface area contributed by atoms with Crippen molar-refractivity contribution < 1.29 is 4.79 Å². The fourth-order valence-corrected chi connectivity index (χ4v) is 3.42. The Kier molecular flexibility index (Phi) is 3.77. The number of nitrogens with one attached hydrogen (secondary N) is 1. The van der Waals surface area contributed by atoms with Gasteiger partial charge >= 0.3 is 0 Å². The minimum Gasteiger partial charge on any atom is -0.291 e. The van der Waals surface area contributed by atoms with E-state index in [0.717, 1.165) is 21.5 Å². The van der Waals surface area contributed by atoms with Gasteiger partial charge in [0.15, 0.2) is 10.8 Å². The summed E-state index contributed by atoms with van der Waals surface area (Å²) in [6.45, 7) is 3.50. The van der Waals surface area contributed by atoms with Crippen LogP contribution in [0.25, 0.3) is 21.0 Å². The van der Waals surface area contributed by atoms with Gasteiger partial charge in [-0.3, -0.25) is 10.2 Å². The van der Waals surface area contributed by atoms with Crippen LogP contribution in [0.4, 0.5) is 5.69 Å². The summed E-state index contributed by atoms with van der Waals surface area (Å²) in [5.74, 6) is 0.598. The van der Waals surface area contributed by atoms with Crippen molar-refractivity contribution in [1.29, 1.82) is 0 Å². The number of ketones is 1. The largest absolute Gasteiger partial charge is 0.291 e. The van der Waals surface area contributed by atoms with Crippen LogP contribution in [0.1, 0.15) is 23.1 Å². The molecule has 0 amide bonds. The van der Waals surface area contributed by atoms with E-state index in [1.165, 1.54) is 18.3 Å². The van der Waals surface area contributed by atoms with E-state index < -0.39 is 0 Å². The maximum Gasteiger partial charge on any atom is 0.219 e. The highest BCUT2D eigenvalue weighted by Crippen LogP contribution is 2.29. The summed E-state index contributed by atoms with van der Waals surface area (Å²) in [4.78, 5) is 16.6. The van der Waals surface area contributed by atoms with Crippen LogP contribution < -0.4 is 5.43 Å². The summed E-state index contributed by atoms with van der Waals surface area (Å²) in [5, 5.41) is 8.95. The summed E-state index contributed by atoms with van der Waals surface area (Å²) in [7, 11) is 0. The number of aromatic nitrogens is 4. The van der Waals surface area contributed by atoms with Gasteiger partial charge in [0.1, 0.15) is 0 Å². The summed E-state index contributed by atoms with van der Waals surface area (Å²) in [6.07, 6.45) is 0. The second kappa shape index (κ2) is 6.10. The number of hydrogen-bond donors (Lipinski definition) is 1. The third-order valence-corrected chi connectivity index (χ3v) is 4.79. The van der Waals surface area contributed by atoms with E-state index in [4.69, 9.17) is 0 Å². The zero-order valence-electron chi connectivity index (χ0n) is 13.7. The van der Waals surface area contributed by atoms with E-state index in [-0.39, 0.29) is 11.6 Å². The Morgan fingerprint density at radius 1 is 1.08 bits per heavy atom. The lowest BCUT2D eigenvalue weighted by Gasteiger charge is -2.11. The lowest BCUT2D eigenvalue weighted by atomic mass is 10.2. The van der Waals surface area contributed by atoms with Gasteiger partial charge in [0.2, 0.25) is 11.6 Å². The number of para-hydroxylation sites is 1. The molecule has 7 heteroatoms. The molecule has 0 radical (unpaired) electrons. The number of benzene rings is 2. The smallest absolute Gasteiger partial charge is 0.219 e. The number of nitrogens with zero attached hydrogens (tertiary/aromatic N) is 4. The Hall–Kier alpha value is -3.06. The van der Waals surface area contributed by atoms with Crippen molar-refractivity contribution in [3.63, 3.8) is 0 Å². The number of aryl methyl sites for hydroxylation is 1. The second-order valence-electron chi connectivity index (χ2n) is 5.70. The molecule has 1 N–H and O–H groups in total. The van der Waals surface area contributed by atoms with Crippen molar-refractivity contribution in [3.05, 3.63) is 59.9 Å². The molecule has 124 valence electrons. The highest BCUT2D eigenvalue weighted by Gasteiger charge is 2.20. The van der Waals surface area contributed by atoms with Crippen LogP contribution in [0, 0.1) is 6.92 Å². The summed E-state index contributed by atoms with van der Waals surface area (Å²) >= 11 is 1.52. The van der Waals surface area contributed by atoms with Crippen molar-refractivity contribution in [2.75, 3.05) is 5.43 Å². The van der Waals surface area contributed by atoms with Crippen LogP contribution >= 0.6 is 11.3 Å². The molecule has 6 nitrogen and oxygen atoms in total. The fourth-order valence-electron chi connectivity index (χ4n) is 2.48.